The molecule has 1 aromatic carbocycles. The van der Waals surface area contributed by atoms with Crippen LogP contribution in [0, 0.1) is 12.8 Å². The fraction of sp³-hybridized carbons (Fsp3) is 0.545. The quantitative estimate of drug-likeness (QED) is 0.626. The number of aryl methyl sites for hydroxylation is 1. The average molecular weight is 430 g/mol. The second kappa shape index (κ2) is 10.6. The van der Waals surface area contributed by atoms with Crippen LogP contribution in [0.25, 0.3) is 0 Å². The lowest BCUT2D eigenvalue weighted by atomic mass is 9.86. The molecule has 0 radical (unpaired) electrons. The van der Waals surface area contributed by atoms with Gasteiger partial charge in [-0.05, 0) is 44.2 Å². The molecule has 162 valence electrons. The largest absolute Gasteiger partial charge is 0.352 e. The van der Waals surface area contributed by atoms with E-state index in [4.69, 9.17) is 0 Å². The van der Waals surface area contributed by atoms with Crippen LogP contribution in [0.4, 0.5) is 5.69 Å². The summed E-state index contributed by atoms with van der Waals surface area (Å²) in [5.74, 6) is 1.34. The third-order valence-corrected chi connectivity index (χ3v) is 6.60. The van der Waals surface area contributed by atoms with Crippen LogP contribution in [0.3, 0.4) is 0 Å². The zero-order valence-electron chi connectivity index (χ0n) is 18.0. The third-order valence-electron chi connectivity index (χ3n) is 5.64. The first-order chi connectivity index (χ1) is 14.5. The molecule has 1 saturated carbocycles. The topological polar surface area (TPSA) is 88.9 Å². The molecular formula is C22H31N5O2S. The Balaban J connectivity index is 1.55. The van der Waals surface area contributed by atoms with Gasteiger partial charge in [0.15, 0.2) is 5.16 Å². The number of para-hydroxylation sites is 1. The van der Waals surface area contributed by atoms with Gasteiger partial charge in [-0.15, -0.1) is 10.2 Å². The third kappa shape index (κ3) is 5.84. The van der Waals surface area contributed by atoms with E-state index in [9.17, 15) is 9.59 Å². The lowest BCUT2D eigenvalue weighted by Gasteiger charge is -2.29. The smallest absolute Gasteiger partial charge is 0.232 e. The van der Waals surface area contributed by atoms with Gasteiger partial charge in [0.1, 0.15) is 5.82 Å². The highest BCUT2D eigenvalue weighted by Crippen LogP contribution is 2.24. The van der Waals surface area contributed by atoms with Crippen LogP contribution < -0.4 is 10.6 Å². The highest BCUT2D eigenvalue weighted by atomic mass is 32.2. The van der Waals surface area contributed by atoms with E-state index in [1.54, 1.807) is 0 Å². The van der Waals surface area contributed by atoms with Crippen LogP contribution in [0.1, 0.15) is 50.9 Å². The molecule has 7 nitrogen and oxygen atoms in total. The van der Waals surface area contributed by atoms with Gasteiger partial charge in [-0.25, -0.2) is 0 Å². The highest BCUT2D eigenvalue weighted by Gasteiger charge is 2.23. The number of hydrogen-bond acceptors (Lipinski definition) is 5. The summed E-state index contributed by atoms with van der Waals surface area (Å²) in [7, 11) is 0. The summed E-state index contributed by atoms with van der Waals surface area (Å²) in [5.41, 5.74) is 1.81. The van der Waals surface area contributed by atoms with Crippen LogP contribution in [0.15, 0.2) is 29.4 Å². The predicted octanol–water partition coefficient (Wildman–Crippen LogP) is 3.57. The number of amides is 2. The van der Waals surface area contributed by atoms with E-state index in [-0.39, 0.29) is 24.3 Å². The second-order valence-corrected chi connectivity index (χ2v) is 8.85. The Morgan fingerprint density at radius 3 is 2.67 bits per heavy atom. The first-order valence-corrected chi connectivity index (χ1v) is 11.7. The maximum absolute atomic E-state index is 12.5. The first-order valence-electron chi connectivity index (χ1n) is 10.7. The summed E-state index contributed by atoms with van der Waals surface area (Å²) in [6.07, 6.45) is 4.81. The average Bonchev–Trinajstić information content (AvgIpc) is 3.11. The van der Waals surface area contributed by atoms with Crippen molar-refractivity contribution in [2.24, 2.45) is 5.92 Å². The minimum absolute atomic E-state index is 0.0308. The molecule has 30 heavy (non-hydrogen) atoms. The summed E-state index contributed by atoms with van der Waals surface area (Å²) >= 11 is 1.37. The van der Waals surface area contributed by atoms with Crippen molar-refractivity contribution in [3.05, 3.63) is 35.7 Å². The molecule has 3 rings (SSSR count). The Kier molecular flexibility index (Phi) is 7.90. The molecule has 1 fully saturated rings. The second-order valence-electron chi connectivity index (χ2n) is 7.91. The van der Waals surface area contributed by atoms with E-state index in [0.717, 1.165) is 17.7 Å². The summed E-state index contributed by atoms with van der Waals surface area (Å²) in [5, 5.41) is 15.2. The van der Waals surface area contributed by atoms with Gasteiger partial charge < -0.3 is 15.2 Å². The fourth-order valence-corrected chi connectivity index (χ4v) is 4.67. The number of nitrogens with zero attached hydrogens (tertiary/aromatic N) is 3. The van der Waals surface area contributed by atoms with Crippen LogP contribution >= 0.6 is 11.8 Å². The molecule has 1 aliphatic rings. The molecule has 0 bridgehead atoms. The van der Waals surface area contributed by atoms with Crippen molar-refractivity contribution < 1.29 is 9.59 Å². The number of rotatable bonds is 8. The van der Waals surface area contributed by atoms with E-state index in [1.807, 2.05) is 42.7 Å². The van der Waals surface area contributed by atoms with Crippen molar-refractivity contribution in [2.75, 3.05) is 11.1 Å². The minimum atomic E-state index is -0.132. The number of hydrogen-bond donors (Lipinski definition) is 2. The first kappa shape index (κ1) is 22.3. The molecule has 2 N–H and O–H groups in total. The van der Waals surface area contributed by atoms with Gasteiger partial charge in [0.2, 0.25) is 11.8 Å². The summed E-state index contributed by atoms with van der Waals surface area (Å²) in [4.78, 5) is 24.9. The minimum Gasteiger partial charge on any atom is -0.352 e. The Morgan fingerprint density at radius 2 is 1.93 bits per heavy atom. The monoisotopic (exact) mass is 429 g/mol. The molecule has 1 heterocycles. The fourth-order valence-electron chi connectivity index (χ4n) is 3.83. The van der Waals surface area contributed by atoms with Crippen molar-refractivity contribution in [3.8, 4) is 0 Å². The van der Waals surface area contributed by atoms with Crippen LogP contribution in [-0.4, -0.2) is 38.4 Å². The Bertz CT molecular complexity index is 882. The van der Waals surface area contributed by atoms with Crippen molar-refractivity contribution in [2.45, 2.75) is 70.6 Å². The normalized spacial score (nSPS) is 18.8. The van der Waals surface area contributed by atoms with Gasteiger partial charge in [-0.1, -0.05) is 49.7 Å². The van der Waals surface area contributed by atoms with E-state index in [0.29, 0.717) is 29.2 Å². The Hall–Kier alpha value is -2.35. The zero-order valence-corrected chi connectivity index (χ0v) is 18.8. The number of carbonyl (C=O) groups excluding carboxylic acids is 2. The van der Waals surface area contributed by atoms with Gasteiger partial charge in [-0.3, -0.25) is 9.59 Å². The van der Waals surface area contributed by atoms with Crippen LogP contribution in [0.5, 0.6) is 0 Å². The van der Waals surface area contributed by atoms with E-state index >= 15 is 0 Å². The van der Waals surface area contributed by atoms with Crippen molar-refractivity contribution >= 4 is 29.3 Å². The van der Waals surface area contributed by atoms with E-state index in [1.165, 1.54) is 31.0 Å². The molecule has 2 amide bonds. The molecule has 0 aliphatic heterocycles. The lowest BCUT2D eigenvalue weighted by Crippen LogP contribution is -2.41. The van der Waals surface area contributed by atoms with Crippen molar-refractivity contribution in [1.29, 1.82) is 0 Å². The van der Waals surface area contributed by atoms with Gasteiger partial charge in [0.05, 0.1) is 12.2 Å². The number of aromatic nitrogens is 3. The SMILES string of the molecule is CCn1c(CC(=O)Nc2ccccc2C)nnc1SCC(=O)N[C@@H]1CCCC[C@H]1C. The van der Waals surface area contributed by atoms with Gasteiger partial charge in [0.25, 0.3) is 0 Å². The number of carbonyl (C=O) groups is 2. The molecular weight excluding hydrogens is 398 g/mol. The predicted molar refractivity (Wildman–Crippen MR) is 119 cm³/mol. The molecule has 1 aromatic heterocycles. The molecule has 8 heteroatoms. The number of benzene rings is 1. The molecule has 0 saturated heterocycles. The maximum atomic E-state index is 12.5. The Morgan fingerprint density at radius 1 is 1.17 bits per heavy atom. The lowest BCUT2D eigenvalue weighted by molar-refractivity contribution is -0.120. The molecule has 2 aromatic rings. The molecule has 1 aliphatic carbocycles. The maximum Gasteiger partial charge on any atom is 0.232 e. The number of anilines is 1. The van der Waals surface area contributed by atoms with Gasteiger partial charge in [0, 0.05) is 18.3 Å². The highest BCUT2D eigenvalue weighted by molar-refractivity contribution is 7.99. The Labute approximate surface area is 182 Å². The summed E-state index contributed by atoms with van der Waals surface area (Å²) in [6, 6.07) is 7.94. The van der Waals surface area contributed by atoms with E-state index < -0.39 is 0 Å². The standard InChI is InChI=1S/C22H31N5O2S/c1-4-27-19(13-20(28)23-17-11-7-5-9-15(17)2)25-26-22(27)30-14-21(29)24-18-12-8-6-10-16(18)3/h5,7,9,11,16,18H,4,6,8,10,12-14H2,1-3H3,(H,23,28)(H,24,29)/t16-,18-/m1/s1. The van der Waals surface area contributed by atoms with E-state index in [2.05, 4.69) is 27.8 Å². The summed E-state index contributed by atoms with van der Waals surface area (Å²) in [6.45, 7) is 6.79. The number of thioether (sulfide) groups is 1. The van der Waals surface area contributed by atoms with Crippen molar-refractivity contribution in [1.82, 2.24) is 20.1 Å². The summed E-state index contributed by atoms with van der Waals surface area (Å²) < 4.78 is 1.90. The van der Waals surface area contributed by atoms with Gasteiger partial charge >= 0.3 is 0 Å². The van der Waals surface area contributed by atoms with Crippen molar-refractivity contribution in [3.63, 3.8) is 0 Å². The van der Waals surface area contributed by atoms with Crippen LogP contribution in [-0.2, 0) is 22.6 Å². The molecule has 0 spiro atoms. The zero-order chi connectivity index (χ0) is 21.5. The molecule has 2 atom stereocenters. The van der Waals surface area contributed by atoms with Gasteiger partial charge in [-0.2, -0.15) is 0 Å². The number of nitrogens with one attached hydrogen (secondary N) is 2. The van der Waals surface area contributed by atoms with Crippen LogP contribution in [0.2, 0.25) is 0 Å². The molecule has 0 unspecified atom stereocenters.